The van der Waals surface area contributed by atoms with Gasteiger partial charge in [0.15, 0.2) is 5.82 Å². The average Bonchev–Trinajstić information content (AvgIpc) is 3.48. The molecule has 1 N–H and O–H groups in total. The fraction of sp³-hybridized carbons (Fsp3) is 0.318. The van der Waals surface area contributed by atoms with Gasteiger partial charge in [-0.1, -0.05) is 0 Å². The predicted molar refractivity (Wildman–Crippen MR) is 118 cm³/mol. The van der Waals surface area contributed by atoms with Crippen molar-refractivity contribution < 1.29 is 18.0 Å². The lowest BCUT2D eigenvalue weighted by atomic mass is 10.0. The molecule has 9 nitrogen and oxygen atoms in total. The number of hydrazone groups is 1. The SMILES string of the molecule is Cc1[nH]ncc1-c1nc(N2CCN(C(=O)N3N=CC[C@H]3c3cc(F)cc(F)c3)CC2)ncc1F. The van der Waals surface area contributed by atoms with Crippen LogP contribution in [0.2, 0.25) is 0 Å². The standard InChI is InChI=1S/C22H21F3N8O/c1-13-17(11-27-30-13)20-18(25)12-26-21(29-20)31-4-6-32(7-5-31)22(34)33-19(2-3-28-33)14-8-15(23)10-16(24)9-14/h3,8-12,19H,2,4-7H2,1H3,(H,27,30)/t19-/m0/s1. The molecule has 5 rings (SSSR count). The molecule has 3 aromatic rings. The number of aromatic amines is 1. The molecule has 0 bridgehead atoms. The van der Waals surface area contributed by atoms with Crippen LogP contribution in [0.25, 0.3) is 11.3 Å². The number of benzene rings is 1. The predicted octanol–water partition coefficient (Wildman–Crippen LogP) is 3.27. The van der Waals surface area contributed by atoms with Crippen LogP contribution in [-0.2, 0) is 0 Å². The van der Waals surface area contributed by atoms with Crippen LogP contribution in [0.5, 0.6) is 0 Å². The van der Waals surface area contributed by atoms with Crippen LogP contribution in [-0.4, -0.2) is 68.5 Å². The van der Waals surface area contributed by atoms with Gasteiger partial charge in [-0.15, -0.1) is 0 Å². The van der Waals surface area contributed by atoms with E-state index in [2.05, 4.69) is 25.3 Å². The van der Waals surface area contributed by atoms with E-state index in [0.717, 1.165) is 12.3 Å². The highest BCUT2D eigenvalue weighted by Crippen LogP contribution is 2.31. The lowest BCUT2D eigenvalue weighted by Crippen LogP contribution is -2.52. The van der Waals surface area contributed by atoms with Gasteiger partial charge in [-0.3, -0.25) is 5.10 Å². The van der Waals surface area contributed by atoms with E-state index >= 15 is 0 Å². The number of rotatable bonds is 3. The number of hydrogen-bond donors (Lipinski definition) is 1. The maximum absolute atomic E-state index is 14.3. The molecule has 1 aromatic carbocycles. The average molecular weight is 470 g/mol. The molecule has 12 heteroatoms. The second kappa shape index (κ2) is 8.76. The summed E-state index contributed by atoms with van der Waals surface area (Å²) >= 11 is 0. The van der Waals surface area contributed by atoms with Gasteiger partial charge in [0.25, 0.3) is 0 Å². The monoisotopic (exact) mass is 470 g/mol. The second-order valence-electron chi connectivity index (χ2n) is 8.13. The Bertz CT molecular complexity index is 1230. The molecule has 0 aliphatic carbocycles. The smallest absolute Gasteiger partial charge is 0.337 e. The molecule has 2 aliphatic rings. The van der Waals surface area contributed by atoms with Crippen molar-refractivity contribution in [2.45, 2.75) is 19.4 Å². The van der Waals surface area contributed by atoms with E-state index in [-0.39, 0.29) is 11.7 Å². The maximum Gasteiger partial charge on any atom is 0.341 e. The number of aryl methyl sites for hydroxylation is 1. The van der Waals surface area contributed by atoms with Crippen LogP contribution in [0.3, 0.4) is 0 Å². The molecule has 4 heterocycles. The van der Waals surface area contributed by atoms with E-state index in [4.69, 9.17) is 0 Å². The number of hydrogen-bond acceptors (Lipinski definition) is 6. The van der Waals surface area contributed by atoms with Crippen LogP contribution in [0, 0.1) is 24.4 Å². The quantitative estimate of drug-likeness (QED) is 0.634. The third kappa shape index (κ3) is 4.06. The van der Waals surface area contributed by atoms with Gasteiger partial charge in [-0.25, -0.2) is 32.9 Å². The summed E-state index contributed by atoms with van der Waals surface area (Å²) < 4.78 is 41.7. The van der Waals surface area contributed by atoms with Crippen LogP contribution >= 0.6 is 0 Å². The van der Waals surface area contributed by atoms with E-state index < -0.39 is 23.5 Å². The number of carbonyl (C=O) groups excluding carboxylic acids is 1. The van der Waals surface area contributed by atoms with Gasteiger partial charge in [0.1, 0.15) is 17.3 Å². The third-order valence-electron chi connectivity index (χ3n) is 5.95. The Morgan fingerprint density at radius 2 is 1.79 bits per heavy atom. The Hall–Kier alpha value is -3.96. The zero-order valence-electron chi connectivity index (χ0n) is 18.2. The number of carbonyl (C=O) groups is 1. The Balaban J connectivity index is 1.28. The number of halogens is 3. The fourth-order valence-corrected chi connectivity index (χ4v) is 4.17. The summed E-state index contributed by atoms with van der Waals surface area (Å²) in [5, 5.41) is 12.1. The van der Waals surface area contributed by atoms with Gasteiger partial charge in [0, 0.05) is 56.1 Å². The summed E-state index contributed by atoms with van der Waals surface area (Å²) in [7, 11) is 0. The number of urea groups is 1. The molecule has 34 heavy (non-hydrogen) atoms. The van der Waals surface area contributed by atoms with Crippen LogP contribution in [0.15, 0.2) is 35.7 Å². The molecule has 2 aliphatic heterocycles. The summed E-state index contributed by atoms with van der Waals surface area (Å²) in [6.45, 7) is 3.35. The molecule has 1 atom stereocenters. The van der Waals surface area contributed by atoms with Gasteiger partial charge in [0.2, 0.25) is 5.95 Å². The molecule has 176 valence electrons. The number of anilines is 1. The first kappa shape index (κ1) is 21.9. The van der Waals surface area contributed by atoms with Crippen molar-refractivity contribution in [2.24, 2.45) is 5.10 Å². The van der Waals surface area contributed by atoms with Crippen molar-refractivity contribution in [2.75, 3.05) is 31.1 Å². The van der Waals surface area contributed by atoms with Crippen molar-refractivity contribution in [1.82, 2.24) is 30.1 Å². The lowest BCUT2D eigenvalue weighted by Gasteiger charge is -2.37. The Morgan fingerprint density at radius 3 is 2.47 bits per heavy atom. The normalized spacial score (nSPS) is 18.1. The highest BCUT2D eigenvalue weighted by Gasteiger charge is 2.34. The minimum absolute atomic E-state index is 0.159. The molecule has 0 saturated carbocycles. The minimum Gasteiger partial charge on any atom is -0.337 e. The molecule has 1 fully saturated rings. The van der Waals surface area contributed by atoms with Crippen LogP contribution < -0.4 is 4.90 Å². The molecule has 2 aromatic heterocycles. The number of aromatic nitrogens is 4. The van der Waals surface area contributed by atoms with Gasteiger partial charge >= 0.3 is 6.03 Å². The van der Waals surface area contributed by atoms with Crippen molar-refractivity contribution in [3.05, 3.63) is 59.3 Å². The van der Waals surface area contributed by atoms with E-state index in [1.807, 2.05) is 4.90 Å². The van der Waals surface area contributed by atoms with E-state index in [0.29, 0.717) is 55.4 Å². The van der Waals surface area contributed by atoms with Crippen molar-refractivity contribution >= 4 is 18.2 Å². The molecule has 0 unspecified atom stereocenters. The molecular formula is C22H21F3N8O. The van der Waals surface area contributed by atoms with Gasteiger partial charge < -0.3 is 9.80 Å². The first-order valence-electron chi connectivity index (χ1n) is 10.7. The first-order valence-corrected chi connectivity index (χ1v) is 10.7. The molecule has 0 radical (unpaired) electrons. The molecular weight excluding hydrogens is 449 g/mol. The van der Waals surface area contributed by atoms with Crippen molar-refractivity contribution in [1.29, 1.82) is 0 Å². The summed E-state index contributed by atoms with van der Waals surface area (Å²) in [4.78, 5) is 25.1. The number of H-pyrrole nitrogens is 1. The highest BCUT2D eigenvalue weighted by atomic mass is 19.1. The number of amides is 2. The van der Waals surface area contributed by atoms with Gasteiger partial charge in [-0.05, 0) is 24.6 Å². The number of nitrogens with zero attached hydrogens (tertiary/aromatic N) is 7. The van der Waals surface area contributed by atoms with Crippen molar-refractivity contribution in [3.63, 3.8) is 0 Å². The van der Waals surface area contributed by atoms with E-state index in [1.165, 1.54) is 23.3 Å². The summed E-state index contributed by atoms with van der Waals surface area (Å²) in [6, 6.07) is 2.30. The summed E-state index contributed by atoms with van der Waals surface area (Å²) in [5.74, 6) is -1.59. The largest absolute Gasteiger partial charge is 0.341 e. The van der Waals surface area contributed by atoms with Crippen LogP contribution in [0.1, 0.15) is 23.7 Å². The number of piperazine rings is 1. The van der Waals surface area contributed by atoms with Gasteiger partial charge in [0.05, 0.1) is 18.4 Å². The van der Waals surface area contributed by atoms with Gasteiger partial charge in [-0.2, -0.15) is 10.2 Å². The third-order valence-corrected chi connectivity index (χ3v) is 5.95. The highest BCUT2D eigenvalue weighted by molar-refractivity contribution is 5.78. The van der Waals surface area contributed by atoms with Crippen LogP contribution in [0.4, 0.5) is 23.9 Å². The maximum atomic E-state index is 14.3. The molecule has 0 spiro atoms. The zero-order chi connectivity index (χ0) is 23.8. The Morgan fingerprint density at radius 1 is 1.06 bits per heavy atom. The summed E-state index contributed by atoms with van der Waals surface area (Å²) in [5.41, 5.74) is 1.76. The Labute approximate surface area is 192 Å². The summed E-state index contributed by atoms with van der Waals surface area (Å²) in [6.07, 6.45) is 4.57. The Kier molecular flexibility index (Phi) is 5.64. The minimum atomic E-state index is -0.702. The lowest BCUT2D eigenvalue weighted by molar-refractivity contribution is 0.139. The second-order valence-corrected chi connectivity index (χ2v) is 8.13. The topological polar surface area (TPSA) is 93.6 Å². The fourth-order valence-electron chi connectivity index (χ4n) is 4.17. The zero-order valence-corrected chi connectivity index (χ0v) is 18.2. The molecule has 1 saturated heterocycles. The van der Waals surface area contributed by atoms with E-state index in [9.17, 15) is 18.0 Å². The van der Waals surface area contributed by atoms with E-state index in [1.54, 1.807) is 18.0 Å². The van der Waals surface area contributed by atoms with Crippen molar-refractivity contribution in [3.8, 4) is 11.3 Å². The first-order chi connectivity index (χ1) is 16.4. The molecule has 2 amide bonds. The number of nitrogens with one attached hydrogen (secondary N) is 1.